The summed E-state index contributed by atoms with van der Waals surface area (Å²) < 4.78 is 7.61. The molecule has 0 saturated carbocycles. The molecule has 0 unspecified atom stereocenters. The Morgan fingerprint density at radius 2 is 2.26 bits per heavy atom. The highest BCUT2D eigenvalue weighted by atomic mass is 32.2. The zero-order valence-electron chi connectivity index (χ0n) is 11.1. The number of ether oxygens (including phenoxy) is 1. The monoisotopic (exact) mass is 280 g/mol. The van der Waals surface area contributed by atoms with Crippen LogP contribution in [0.5, 0.6) is 5.75 Å². The van der Waals surface area contributed by atoms with Gasteiger partial charge in [-0.15, -0.1) is 0 Å². The molecule has 1 N–H and O–H groups in total. The fourth-order valence-corrected chi connectivity index (χ4v) is 2.47. The molecule has 0 radical (unpaired) electrons. The number of nitrogens with zero attached hydrogens (tertiary/aromatic N) is 2. The van der Waals surface area contributed by atoms with Gasteiger partial charge in [0.05, 0.1) is 17.4 Å². The van der Waals surface area contributed by atoms with Gasteiger partial charge >= 0.3 is 5.97 Å². The van der Waals surface area contributed by atoms with Crippen molar-refractivity contribution in [2.24, 2.45) is 7.05 Å². The molecule has 2 rings (SSSR count). The van der Waals surface area contributed by atoms with Crippen LogP contribution in [0.25, 0.3) is 11.0 Å². The van der Waals surface area contributed by atoms with Crippen LogP contribution in [0.2, 0.25) is 0 Å². The van der Waals surface area contributed by atoms with Crippen molar-refractivity contribution in [3.05, 3.63) is 18.2 Å². The van der Waals surface area contributed by atoms with Crippen LogP contribution in [-0.4, -0.2) is 32.5 Å². The number of hydrogen-bond donors (Lipinski definition) is 1. The van der Waals surface area contributed by atoms with E-state index in [0.29, 0.717) is 5.16 Å². The summed E-state index contributed by atoms with van der Waals surface area (Å²) in [6.45, 7) is 3.92. The van der Waals surface area contributed by atoms with Crippen molar-refractivity contribution < 1.29 is 14.6 Å². The minimum atomic E-state index is -0.851. The summed E-state index contributed by atoms with van der Waals surface area (Å²) in [7, 11) is 1.87. The lowest BCUT2D eigenvalue weighted by atomic mass is 10.3. The SMILES string of the molecule is CC(C)Oc1cccc2c1nc(SCC(=O)O)n2C. The van der Waals surface area contributed by atoms with Crippen LogP contribution < -0.4 is 4.74 Å². The molecule has 19 heavy (non-hydrogen) atoms. The van der Waals surface area contributed by atoms with E-state index in [1.807, 2.05) is 43.7 Å². The van der Waals surface area contributed by atoms with Crippen LogP contribution >= 0.6 is 11.8 Å². The summed E-state index contributed by atoms with van der Waals surface area (Å²) in [5, 5.41) is 9.41. The molecule has 1 aromatic carbocycles. The van der Waals surface area contributed by atoms with Crippen LogP contribution in [0, 0.1) is 0 Å². The maximum absolute atomic E-state index is 10.6. The molecule has 6 heteroatoms. The fourth-order valence-electron chi connectivity index (χ4n) is 1.77. The molecule has 2 aromatic rings. The van der Waals surface area contributed by atoms with Gasteiger partial charge in [-0.25, -0.2) is 4.98 Å². The van der Waals surface area contributed by atoms with E-state index >= 15 is 0 Å². The molecule has 0 spiro atoms. The first kappa shape index (κ1) is 13.7. The minimum absolute atomic E-state index is 0.00245. The van der Waals surface area contributed by atoms with Crippen LogP contribution in [-0.2, 0) is 11.8 Å². The number of rotatable bonds is 5. The summed E-state index contributed by atoms with van der Waals surface area (Å²) in [4.78, 5) is 15.1. The predicted octanol–water partition coefficient (Wildman–Crippen LogP) is 2.54. The number of carboxylic acid groups (broad SMARTS) is 1. The third-order valence-corrected chi connectivity index (χ3v) is 3.54. The van der Waals surface area contributed by atoms with Gasteiger partial charge in [-0.05, 0) is 26.0 Å². The van der Waals surface area contributed by atoms with Gasteiger partial charge in [-0.1, -0.05) is 17.8 Å². The molecule has 1 aromatic heterocycles. The molecule has 0 aliphatic carbocycles. The van der Waals surface area contributed by atoms with Gasteiger partial charge in [0.25, 0.3) is 0 Å². The Bertz CT molecular complexity index is 607. The molecule has 0 bridgehead atoms. The third kappa shape index (κ3) is 3.01. The molecule has 102 valence electrons. The average Bonchev–Trinajstić information content (AvgIpc) is 2.65. The van der Waals surface area contributed by atoms with Crippen molar-refractivity contribution >= 4 is 28.8 Å². The molecule has 0 aliphatic heterocycles. The Hall–Kier alpha value is -1.69. The highest BCUT2D eigenvalue weighted by molar-refractivity contribution is 7.99. The second kappa shape index (κ2) is 5.52. The van der Waals surface area contributed by atoms with Gasteiger partial charge in [-0.2, -0.15) is 0 Å². The zero-order chi connectivity index (χ0) is 14.0. The first-order valence-corrected chi connectivity index (χ1v) is 6.94. The molecule has 0 aliphatic rings. The summed E-state index contributed by atoms with van der Waals surface area (Å²) in [6.07, 6.45) is 0.0720. The molecule has 0 saturated heterocycles. The molecular weight excluding hydrogens is 264 g/mol. The second-order valence-electron chi connectivity index (χ2n) is 4.43. The van der Waals surface area contributed by atoms with Gasteiger partial charge in [0.2, 0.25) is 0 Å². The number of aromatic nitrogens is 2. The fraction of sp³-hybridized carbons (Fsp3) is 0.385. The number of carbonyl (C=O) groups is 1. The van der Waals surface area contributed by atoms with Crippen molar-refractivity contribution in [2.45, 2.75) is 25.1 Å². The van der Waals surface area contributed by atoms with Crippen LogP contribution in [0.3, 0.4) is 0 Å². The van der Waals surface area contributed by atoms with Gasteiger partial charge in [0, 0.05) is 7.05 Å². The number of aliphatic carboxylic acids is 1. The second-order valence-corrected chi connectivity index (χ2v) is 5.37. The topological polar surface area (TPSA) is 64.3 Å². The van der Waals surface area contributed by atoms with Gasteiger partial charge in [0.1, 0.15) is 11.3 Å². The lowest BCUT2D eigenvalue weighted by Crippen LogP contribution is -2.05. The van der Waals surface area contributed by atoms with E-state index < -0.39 is 5.97 Å². The molecular formula is C13H16N2O3S. The summed E-state index contributed by atoms with van der Waals surface area (Å²) in [5.74, 6) is -0.127. The number of imidazole rings is 1. The average molecular weight is 280 g/mol. The van der Waals surface area contributed by atoms with Crippen molar-refractivity contribution in [1.82, 2.24) is 9.55 Å². The van der Waals surface area contributed by atoms with E-state index in [0.717, 1.165) is 16.8 Å². The molecule has 0 fully saturated rings. The maximum atomic E-state index is 10.6. The number of thioether (sulfide) groups is 1. The van der Waals surface area contributed by atoms with Gasteiger partial charge in [0.15, 0.2) is 5.16 Å². The quantitative estimate of drug-likeness (QED) is 0.853. The van der Waals surface area contributed by atoms with Crippen molar-refractivity contribution in [3.8, 4) is 5.75 Å². The standard InChI is InChI=1S/C13H16N2O3S/c1-8(2)18-10-6-4-5-9-12(10)14-13(15(9)3)19-7-11(16)17/h4-6,8H,7H2,1-3H3,(H,16,17). The molecule has 0 amide bonds. The van der Waals surface area contributed by atoms with E-state index in [-0.39, 0.29) is 11.9 Å². The highest BCUT2D eigenvalue weighted by Gasteiger charge is 2.14. The summed E-state index contributed by atoms with van der Waals surface area (Å²) in [6, 6.07) is 5.73. The lowest BCUT2D eigenvalue weighted by Gasteiger charge is -2.09. The van der Waals surface area contributed by atoms with Crippen molar-refractivity contribution in [2.75, 3.05) is 5.75 Å². The minimum Gasteiger partial charge on any atom is -0.489 e. The third-order valence-electron chi connectivity index (χ3n) is 2.52. The Morgan fingerprint density at radius 1 is 1.53 bits per heavy atom. The van der Waals surface area contributed by atoms with Crippen molar-refractivity contribution in [1.29, 1.82) is 0 Å². The molecule has 5 nitrogen and oxygen atoms in total. The summed E-state index contributed by atoms with van der Waals surface area (Å²) in [5.41, 5.74) is 1.71. The molecule has 1 heterocycles. The van der Waals surface area contributed by atoms with Gasteiger partial charge in [-0.3, -0.25) is 4.79 Å². The summed E-state index contributed by atoms with van der Waals surface area (Å²) >= 11 is 1.21. The van der Waals surface area contributed by atoms with E-state index in [1.54, 1.807) is 0 Å². The Kier molecular flexibility index (Phi) is 3.99. The Morgan fingerprint density at radius 3 is 2.89 bits per heavy atom. The number of aryl methyl sites for hydroxylation is 1. The van der Waals surface area contributed by atoms with Crippen molar-refractivity contribution in [3.63, 3.8) is 0 Å². The number of benzene rings is 1. The number of fused-ring (bicyclic) bond motifs is 1. The first-order valence-electron chi connectivity index (χ1n) is 5.95. The highest BCUT2D eigenvalue weighted by Crippen LogP contribution is 2.29. The maximum Gasteiger partial charge on any atom is 0.313 e. The van der Waals surface area contributed by atoms with E-state index in [2.05, 4.69) is 4.98 Å². The smallest absolute Gasteiger partial charge is 0.313 e. The lowest BCUT2D eigenvalue weighted by molar-refractivity contribution is -0.133. The molecule has 0 atom stereocenters. The van der Waals surface area contributed by atoms with E-state index in [4.69, 9.17) is 9.84 Å². The van der Waals surface area contributed by atoms with Crippen LogP contribution in [0.4, 0.5) is 0 Å². The van der Waals surface area contributed by atoms with Crippen LogP contribution in [0.15, 0.2) is 23.4 Å². The number of carboxylic acids is 1. The largest absolute Gasteiger partial charge is 0.489 e. The van der Waals surface area contributed by atoms with E-state index in [1.165, 1.54) is 11.8 Å². The predicted molar refractivity (Wildman–Crippen MR) is 74.8 cm³/mol. The normalized spacial score (nSPS) is 11.2. The number of para-hydroxylation sites is 1. The number of hydrogen-bond acceptors (Lipinski definition) is 4. The zero-order valence-corrected chi connectivity index (χ0v) is 11.9. The van der Waals surface area contributed by atoms with Crippen LogP contribution in [0.1, 0.15) is 13.8 Å². The Labute approximate surface area is 115 Å². The van der Waals surface area contributed by atoms with E-state index in [9.17, 15) is 4.79 Å². The first-order chi connectivity index (χ1) is 8.99. The Balaban J connectivity index is 2.40. The van der Waals surface area contributed by atoms with Gasteiger partial charge < -0.3 is 14.4 Å².